The van der Waals surface area contributed by atoms with Crippen LogP contribution in [0.25, 0.3) is 0 Å². The average molecular weight is 328 g/mol. The van der Waals surface area contributed by atoms with Crippen molar-refractivity contribution in [2.75, 3.05) is 11.1 Å². The Balaban J connectivity index is 2.26. The molecule has 3 N–H and O–H groups in total. The molecule has 2 aromatic rings. The molecule has 1 heterocycles. The number of nitrogens with zero attached hydrogens (tertiary/aromatic N) is 1. The molecule has 98 valence electrons. The van der Waals surface area contributed by atoms with E-state index in [0.717, 1.165) is 12.1 Å². The lowest BCUT2D eigenvalue weighted by Gasteiger charge is -2.08. The minimum absolute atomic E-state index is 0.149. The van der Waals surface area contributed by atoms with E-state index in [1.54, 1.807) is 0 Å². The van der Waals surface area contributed by atoms with Crippen molar-refractivity contribution in [3.05, 3.63) is 52.1 Å². The van der Waals surface area contributed by atoms with E-state index in [1.165, 1.54) is 18.3 Å². The third kappa shape index (κ3) is 3.05. The zero-order valence-electron chi connectivity index (χ0n) is 9.45. The topological polar surface area (TPSA) is 68.0 Å². The fourth-order valence-electron chi connectivity index (χ4n) is 1.39. The zero-order valence-corrected chi connectivity index (χ0v) is 11.0. The van der Waals surface area contributed by atoms with Gasteiger partial charge in [0.2, 0.25) is 0 Å². The number of amides is 1. The first-order chi connectivity index (χ1) is 8.97. The van der Waals surface area contributed by atoms with Crippen molar-refractivity contribution in [3.8, 4) is 0 Å². The molecule has 0 spiro atoms. The lowest BCUT2D eigenvalue weighted by Crippen LogP contribution is -2.14. The summed E-state index contributed by atoms with van der Waals surface area (Å²) in [6.45, 7) is 0. The van der Waals surface area contributed by atoms with Crippen molar-refractivity contribution in [1.82, 2.24) is 4.98 Å². The molecule has 4 nitrogen and oxygen atoms in total. The highest BCUT2D eigenvalue weighted by Gasteiger charge is 2.14. The maximum Gasteiger partial charge on any atom is 0.257 e. The Morgan fingerprint density at radius 3 is 2.42 bits per heavy atom. The van der Waals surface area contributed by atoms with Crippen LogP contribution in [-0.4, -0.2) is 10.9 Å². The third-order valence-corrected chi connectivity index (χ3v) is 2.75. The van der Waals surface area contributed by atoms with Gasteiger partial charge in [0.1, 0.15) is 11.5 Å². The molecule has 0 radical (unpaired) electrons. The normalized spacial score (nSPS) is 10.3. The van der Waals surface area contributed by atoms with E-state index >= 15 is 0 Å². The lowest BCUT2D eigenvalue weighted by molar-refractivity contribution is 0.102. The summed E-state index contributed by atoms with van der Waals surface area (Å²) >= 11 is 2.95. The van der Waals surface area contributed by atoms with Crippen LogP contribution in [0.15, 0.2) is 34.9 Å². The Bertz CT molecular complexity index is 608. The molecular formula is C12H8BrF2N3O. The smallest absolute Gasteiger partial charge is 0.257 e. The number of halogens is 3. The highest BCUT2D eigenvalue weighted by molar-refractivity contribution is 9.10. The number of anilines is 2. The Morgan fingerprint density at radius 1 is 1.26 bits per heavy atom. The van der Waals surface area contributed by atoms with Gasteiger partial charge in [-0.25, -0.2) is 13.8 Å². The number of carbonyl (C=O) groups is 1. The van der Waals surface area contributed by atoms with Crippen LogP contribution in [0.3, 0.4) is 0 Å². The maximum absolute atomic E-state index is 13.5. The molecule has 1 aromatic carbocycles. The maximum atomic E-state index is 13.5. The van der Waals surface area contributed by atoms with E-state index in [4.69, 9.17) is 5.73 Å². The minimum atomic E-state index is -0.872. The summed E-state index contributed by atoms with van der Waals surface area (Å²) in [5.41, 5.74) is 5.02. The monoisotopic (exact) mass is 327 g/mol. The second-order valence-corrected chi connectivity index (χ2v) is 4.59. The van der Waals surface area contributed by atoms with Gasteiger partial charge in [-0.1, -0.05) is 15.9 Å². The van der Waals surface area contributed by atoms with Crippen molar-refractivity contribution in [1.29, 1.82) is 0 Å². The van der Waals surface area contributed by atoms with Crippen LogP contribution in [0.2, 0.25) is 0 Å². The highest BCUT2D eigenvalue weighted by atomic mass is 79.9. The first kappa shape index (κ1) is 13.4. The zero-order chi connectivity index (χ0) is 14.0. The molecule has 0 saturated carbocycles. The van der Waals surface area contributed by atoms with Crippen LogP contribution in [-0.2, 0) is 0 Å². The van der Waals surface area contributed by atoms with Gasteiger partial charge in [-0.05, 0) is 24.3 Å². The van der Waals surface area contributed by atoms with Gasteiger partial charge in [0.05, 0.1) is 5.56 Å². The van der Waals surface area contributed by atoms with Crippen LogP contribution in [0, 0.1) is 11.6 Å². The van der Waals surface area contributed by atoms with Crippen LogP contribution in [0.5, 0.6) is 0 Å². The number of carbonyl (C=O) groups excluding carboxylic acids is 1. The van der Waals surface area contributed by atoms with Gasteiger partial charge in [0.15, 0.2) is 11.6 Å². The molecule has 0 aliphatic carbocycles. The molecule has 2 rings (SSSR count). The molecule has 7 heteroatoms. The Kier molecular flexibility index (Phi) is 3.75. The Labute approximate surface area is 115 Å². The Morgan fingerprint density at radius 2 is 1.89 bits per heavy atom. The second-order valence-electron chi connectivity index (χ2n) is 3.67. The van der Waals surface area contributed by atoms with Crippen molar-refractivity contribution >= 4 is 33.3 Å². The average Bonchev–Trinajstić information content (AvgIpc) is 2.34. The summed E-state index contributed by atoms with van der Waals surface area (Å²) in [5, 5.41) is 2.15. The fraction of sp³-hybridized carbons (Fsp3) is 0. The molecule has 0 fully saturated rings. The predicted octanol–water partition coefficient (Wildman–Crippen LogP) is 2.96. The lowest BCUT2D eigenvalue weighted by atomic mass is 10.2. The number of nitrogens with two attached hydrogens (primary N) is 1. The van der Waals surface area contributed by atoms with Gasteiger partial charge in [-0.3, -0.25) is 4.79 Å². The molecule has 19 heavy (non-hydrogen) atoms. The van der Waals surface area contributed by atoms with Gasteiger partial charge in [-0.2, -0.15) is 0 Å². The highest BCUT2D eigenvalue weighted by Crippen LogP contribution is 2.24. The molecule has 0 atom stereocenters. The largest absolute Gasteiger partial charge is 0.384 e. The first-order valence-corrected chi connectivity index (χ1v) is 5.94. The Hall–Kier alpha value is -2.02. The van der Waals surface area contributed by atoms with Crippen molar-refractivity contribution in [2.45, 2.75) is 0 Å². The first-order valence-electron chi connectivity index (χ1n) is 5.15. The molecule has 1 aromatic heterocycles. The number of rotatable bonds is 2. The molecular weight excluding hydrogens is 320 g/mol. The quantitative estimate of drug-likeness (QED) is 0.891. The molecule has 0 bridgehead atoms. The summed E-state index contributed by atoms with van der Waals surface area (Å²) < 4.78 is 27.3. The molecule has 0 aliphatic heterocycles. The standard InChI is InChI=1S/C12H8BrF2N3O/c13-7-3-8(14)11(9(15)4-7)18-12(19)6-1-2-10(16)17-5-6/h1-5H,(H2,16,17)(H,18,19). The van der Waals surface area contributed by atoms with Gasteiger partial charge in [0.25, 0.3) is 5.91 Å². The second kappa shape index (κ2) is 5.31. The van der Waals surface area contributed by atoms with Crippen molar-refractivity contribution in [2.24, 2.45) is 0 Å². The fourth-order valence-corrected chi connectivity index (χ4v) is 1.79. The van der Waals surface area contributed by atoms with E-state index in [2.05, 4.69) is 26.2 Å². The van der Waals surface area contributed by atoms with Gasteiger partial charge < -0.3 is 11.1 Å². The van der Waals surface area contributed by atoms with Crippen LogP contribution >= 0.6 is 15.9 Å². The summed E-state index contributed by atoms with van der Waals surface area (Å²) in [5.74, 6) is -2.17. The number of benzene rings is 1. The summed E-state index contributed by atoms with van der Waals surface area (Å²) in [6, 6.07) is 4.94. The molecule has 0 unspecified atom stereocenters. The van der Waals surface area contributed by atoms with Gasteiger partial charge in [-0.15, -0.1) is 0 Å². The molecule has 0 aliphatic rings. The van der Waals surface area contributed by atoms with Crippen LogP contribution in [0.1, 0.15) is 10.4 Å². The van der Waals surface area contributed by atoms with Crippen LogP contribution in [0.4, 0.5) is 20.3 Å². The van der Waals surface area contributed by atoms with E-state index in [9.17, 15) is 13.6 Å². The van der Waals surface area contributed by atoms with E-state index in [0.29, 0.717) is 0 Å². The SMILES string of the molecule is Nc1ccc(C(=O)Nc2c(F)cc(Br)cc2F)cn1. The van der Waals surface area contributed by atoms with E-state index in [-0.39, 0.29) is 15.9 Å². The van der Waals surface area contributed by atoms with Crippen molar-refractivity contribution < 1.29 is 13.6 Å². The summed E-state index contributed by atoms with van der Waals surface area (Å²) in [7, 11) is 0. The van der Waals surface area contributed by atoms with Crippen LogP contribution < -0.4 is 11.1 Å². The molecule has 0 saturated heterocycles. The van der Waals surface area contributed by atoms with E-state index < -0.39 is 23.2 Å². The van der Waals surface area contributed by atoms with Gasteiger partial charge >= 0.3 is 0 Å². The van der Waals surface area contributed by atoms with E-state index in [1.807, 2.05) is 0 Å². The number of aromatic nitrogens is 1. The number of pyridine rings is 1. The number of hydrogen-bond donors (Lipinski definition) is 2. The third-order valence-electron chi connectivity index (χ3n) is 2.29. The molecule has 1 amide bonds. The summed E-state index contributed by atoms with van der Waals surface area (Å²) in [6.07, 6.45) is 1.22. The number of nitrogen functional groups attached to an aromatic ring is 1. The van der Waals surface area contributed by atoms with Crippen molar-refractivity contribution in [3.63, 3.8) is 0 Å². The number of hydrogen-bond acceptors (Lipinski definition) is 3. The predicted molar refractivity (Wildman–Crippen MR) is 70.7 cm³/mol. The minimum Gasteiger partial charge on any atom is -0.384 e. The van der Waals surface area contributed by atoms with Gasteiger partial charge in [0, 0.05) is 10.7 Å². The number of nitrogens with one attached hydrogen (secondary N) is 1. The summed E-state index contributed by atoms with van der Waals surface area (Å²) in [4.78, 5) is 15.5.